The number of methoxy groups -OCH3 is 1. The van der Waals surface area contributed by atoms with Crippen molar-refractivity contribution in [3.8, 4) is 5.88 Å². The van der Waals surface area contributed by atoms with Crippen LogP contribution < -0.4 is 10.1 Å². The highest BCUT2D eigenvalue weighted by molar-refractivity contribution is 7.90. The van der Waals surface area contributed by atoms with E-state index >= 15 is 0 Å². The smallest absolute Gasteiger partial charge is 0.213 e. The molecule has 1 aromatic heterocycles. The Hall–Kier alpha value is -1.14. The summed E-state index contributed by atoms with van der Waals surface area (Å²) in [4.78, 5) is 4.01. The molecule has 0 aliphatic carbocycles. The van der Waals surface area contributed by atoms with Crippen LogP contribution in [0.15, 0.2) is 18.3 Å². The lowest BCUT2D eigenvalue weighted by atomic mass is 10.2. The molecule has 0 amide bonds. The molecule has 1 aromatic rings. The van der Waals surface area contributed by atoms with Crippen molar-refractivity contribution >= 4 is 9.84 Å². The SMILES string of the molecule is COc1cc(CNCCCS(C)(=O)=O)ccn1. The summed E-state index contributed by atoms with van der Waals surface area (Å²) in [7, 11) is -1.27. The van der Waals surface area contributed by atoms with Crippen molar-refractivity contribution in [3.05, 3.63) is 23.9 Å². The Kier molecular flexibility index (Phi) is 5.37. The van der Waals surface area contributed by atoms with Crippen LogP contribution in [0.2, 0.25) is 0 Å². The summed E-state index contributed by atoms with van der Waals surface area (Å²) in [6.45, 7) is 1.36. The number of hydrogen-bond donors (Lipinski definition) is 1. The highest BCUT2D eigenvalue weighted by Gasteiger charge is 2.01. The number of pyridine rings is 1. The number of ether oxygens (including phenoxy) is 1. The van der Waals surface area contributed by atoms with E-state index in [1.54, 1.807) is 13.3 Å². The Bertz CT molecular complexity index is 446. The molecule has 1 N–H and O–H groups in total. The quantitative estimate of drug-likeness (QED) is 0.726. The van der Waals surface area contributed by atoms with E-state index in [1.165, 1.54) is 6.26 Å². The van der Waals surface area contributed by atoms with Crippen molar-refractivity contribution in [1.29, 1.82) is 0 Å². The molecule has 5 nitrogen and oxygen atoms in total. The van der Waals surface area contributed by atoms with Crippen LogP contribution in [-0.4, -0.2) is 39.1 Å². The van der Waals surface area contributed by atoms with Crippen molar-refractivity contribution in [3.63, 3.8) is 0 Å². The Balaban J connectivity index is 2.26. The number of rotatable bonds is 7. The molecule has 0 atom stereocenters. The molecule has 0 aromatic carbocycles. The lowest BCUT2D eigenvalue weighted by Crippen LogP contribution is -2.17. The molecule has 0 bridgehead atoms. The normalized spacial score (nSPS) is 11.4. The average Bonchev–Trinajstić information content (AvgIpc) is 2.27. The molecule has 0 aliphatic rings. The zero-order valence-electron chi connectivity index (χ0n) is 10.1. The highest BCUT2D eigenvalue weighted by atomic mass is 32.2. The predicted octanol–water partition coefficient (Wildman–Crippen LogP) is 0.614. The summed E-state index contributed by atoms with van der Waals surface area (Å²) in [5.74, 6) is 0.806. The fourth-order valence-corrected chi connectivity index (χ4v) is 2.03. The van der Waals surface area contributed by atoms with Crippen molar-refractivity contribution in [2.75, 3.05) is 25.7 Å². The van der Waals surface area contributed by atoms with Gasteiger partial charge in [0.25, 0.3) is 0 Å². The van der Waals surface area contributed by atoms with Gasteiger partial charge >= 0.3 is 0 Å². The maximum atomic E-state index is 10.9. The summed E-state index contributed by atoms with van der Waals surface area (Å²) in [5.41, 5.74) is 1.07. The van der Waals surface area contributed by atoms with Crippen LogP contribution in [0.4, 0.5) is 0 Å². The van der Waals surface area contributed by atoms with Gasteiger partial charge in [-0.3, -0.25) is 0 Å². The highest BCUT2D eigenvalue weighted by Crippen LogP contribution is 2.07. The molecule has 1 heterocycles. The largest absolute Gasteiger partial charge is 0.481 e. The van der Waals surface area contributed by atoms with Crippen LogP contribution in [0.25, 0.3) is 0 Å². The van der Waals surface area contributed by atoms with Gasteiger partial charge in [0.1, 0.15) is 9.84 Å². The van der Waals surface area contributed by atoms with Crippen LogP contribution in [0.3, 0.4) is 0 Å². The topological polar surface area (TPSA) is 68.3 Å². The van der Waals surface area contributed by atoms with Crippen LogP contribution in [0.1, 0.15) is 12.0 Å². The maximum Gasteiger partial charge on any atom is 0.213 e. The molecule has 0 saturated heterocycles. The number of sulfone groups is 1. The molecular formula is C11H18N2O3S. The third-order valence-electron chi connectivity index (χ3n) is 2.21. The molecular weight excluding hydrogens is 240 g/mol. The van der Waals surface area contributed by atoms with Crippen molar-refractivity contribution < 1.29 is 13.2 Å². The van der Waals surface area contributed by atoms with Crippen molar-refractivity contribution in [1.82, 2.24) is 10.3 Å². The number of aromatic nitrogens is 1. The van der Waals surface area contributed by atoms with Gasteiger partial charge in [-0.05, 0) is 24.6 Å². The molecule has 0 unspecified atom stereocenters. The summed E-state index contributed by atoms with van der Waals surface area (Å²) in [5, 5.41) is 3.18. The number of hydrogen-bond acceptors (Lipinski definition) is 5. The second-order valence-electron chi connectivity index (χ2n) is 3.87. The van der Waals surface area contributed by atoms with Gasteiger partial charge < -0.3 is 10.1 Å². The predicted molar refractivity (Wildman–Crippen MR) is 66.8 cm³/mol. The van der Waals surface area contributed by atoms with E-state index in [1.807, 2.05) is 12.1 Å². The molecule has 0 aliphatic heterocycles. The van der Waals surface area contributed by atoms with E-state index in [4.69, 9.17) is 4.74 Å². The van der Waals surface area contributed by atoms with Gasteiger partial charge in [-0.2, -0.15) is 0 Å². The number of nitrogens with zero attached hydrogens (tertiary/aromatic N) is 1. The standard InChI is InChI=1S/C11H18N2O3S/c1-16-11-8-10(4-6-13-11)9-12-5-3-7-17(2,14)15/h4,6,8,12H,3,5,7,9H2,1-2H3. The molecule has 17 heavy (non-hydrogen) atoms. The fourth-order valence-electron chi connectivity index (χ4n) is 1.36. The Morgan fingerprint density at radius 2 is 2.24 bits per heavy atom. The fraction of sp³-hybridized carbons (Fsp3) is 0.545. The first-order valence-corrected chi connectivity index (χ1v) is 7.44. The average molecular weight is 258 g/mol. The second kappa shape index (κ2) is 6.56. The van der Waals surface area contributed by atoms with E-state index in [9.17, 15) is 8.42 Å². The Labute approximate surface area is 102 Å². The van der Waals surface area contributed by atoms with Crippen LogP contribution in [-0.2, 0) is 16.4 Å². The first-order valence-electron chi connectivity index (χ1n) is 5.38. The van der Waals surface area contributed by atoms with E-state index in [0.29, 0.717) is 25.4 Å². The molecule has 96 valence electrons. The zero-order valence-corrected chi connectivity index (χ0v) is 11.0. The summed E-state index contributed by atoms with van der Waals surface area (Å²) in [6, 6.07) is 3.75. The third kappa shape index (κ3) is 6.23. The van der Waals surface area contributed by atoms with Gasteiger partial charge in [-0.1, -0.05) is 0 Å². The lowest BCUT2D eigenvalue weighted by Gasteiger charge is -2.05. The van der Waals surface area contributed by atoms with Crippen LogP contribution in [0, 0.1) is 0 Å². The van der Waals surface area contributed by atoms with Gasteiger partial charge in [0.2, 0.25) is 5.88 Å². The third-order valence-corrected chi connectivity index (χ3v) is 3.24. The lowest BCUT2D eigenvalue weighted by molar-refractivity contribution is 0.397. The van der Waals surface area contributed by atoms with Crippen LogP contribution >= 0.6 is 0 Å². The molecule has 0 radical (unpaired) electrons. The Morgan fingerprint density at radius 3 is 2.88 bits per heavy atom. The molecule has 0 fully saturated rings. The van der Waals surface area contributed by atoms with Gasteiger partial charge in [0.05, 0.1) is 12.9 Å². The second-order valence-corrected chi connectivity index (χ2v) is 6.13. The summed E-state index contributed by atoms with van der Waals surface area (Å²) >= 11 is 0. The summed E-state index contributed by atoms with van der Waals surface area (Å²) < 4.78 is 26.8. The summed E-state index contributed by atoms with van der Waals surface area (Å²) in [6.07, 6.45) is 3.56. The van der Waals surface area contributed by atoms with E-state index < -0.39 is 9.84 Å². The van der Waals surface area contributed by atoms with Crippen molar-refractivity contribution in [2.45, 2.75) is 13.0 Å². The van der Waals surface area contributed by atoms with Crippen LogP contribution in [0.5, 0.6) is 5.88 Å². The molecule has 6 heteroatoms. The van der Waals surface area contributed by atoms with Gasteiger partial charge in [0.15, 0.2) is 0 Å². The minimum absolute atomic E-state index is 0.222. The van der Waals surface area contributed by atoms with Crippen molar-refractivity contribution in [2.24, 2.45) is 0 Å². The minimum Gasteiger partial charge on any atom is -0.481 e. The van der Waals surface area contributed by atoms with E-state index in [-0.39, 0.29) is 5.75 Å². The molecule has 0 spiro atoms. The minimum atomic E-state index is -2.85. The first kappa shape index (κ1) is 13.9. The van der Waals surface area contributed by atoms with Gasteiger partial charge in [0, 0.05) is 25.1 Å². The Morgan fingerprint density at radius 1 is 1.47 bits per heavy atom. The molecule has 0 saturated carbocycles. The zero-order chi connectivity index (χ0) is 12.7. The van der Waals surface area contributed by atoms with Gasteiger partial charge in [-0.15, -0.1) is 0 Å². The number of nitrogens with one attached hydrogen (secondary N) is 1. The monoisotopic (exact) mass is 258 g/mol. The first-order chi connectivity index (χ1) is 8.01. The molecule has 1 rings (SSSR count). The maximum absolute atomic E-state index is 10.9. The van der Waals surface area contributed by atoms with E-state index in [0.717, 1.165) is 5.56 Å². The van der Waals surface area contributed by atoms with Gasteiger partial charge in [-0.25, -0.2) is 13.4 Å². The van der Waals surface area contributed by atoms with E-state index in [2.05, 4.69) is 10.3 Å².